The van der Waals surface area contributed by atoms with E-state index in [1.165, 1.54) is 6.08 Å². The number of anilines is 4. The summed E-state index contributed by atoms with van der Waals surface area (Å²) in [5.74, 6) is 0.713. The molecule has 2 heterocycles. The average molecular weight is 589 g/mol. The van der Waals surface area contributed by atoms with Crippen molar-refractivity contribution in [3.63, 3.8) is 0 Å². The van der Waals surface area contributed by atoms with E-state index in [2.05, 4.69) is 68.1 Å². The number of hydrogen-bond acceptors (Lipinski definition) is 9. The van der Waals surface area contributed by atoms with Gasteiger partial charge in [-0.1, -0.05) is 38.6 Å². The Hall–Kier alpha value is -4.06. The Morgan fingerprint density at radius 1 is 1.10 bits per heavy atom. The van der Waals surface area contributed by atoms with Gasteiger partial charge >= 0.3 is 0 Å². The first kappa shape index (κ1) is 30.9. The van der Waals surface area contributed by atoms with Crippen LogP contribution in [0.15, 0.2) is 67.5 Å². The van der Waals surface area contributed by atoms with E-state index in [1.807, 2.05) is 55.8 Å². The van der Waals surface area contributed by atoms with Crippen LogP contribution < -0.4 is 20.3 Å². The first-order valence-electron chi connectivity index (χ1n) is 13.9. The van der Waals surface area contributed by atoms with Crippen molar-refractivity contribution in [3.05, 3.63) is 67.5 Å². The fourth-order valence-electron chi connectivity index (χ4n) is 4.67. The molecule has 1 amide bonds. The molecule has 0 aliphatic carbocycles. The van der Waals surface area contributed by atoms with Gasteiger partial charge in [0.25, 0.3) is 0 Å². The molecule has 2 aromatic carbocycles. The third-order valence-electron chi connectivity index (χ3n) is 6.93. The minimum Gasteiger partial charge on any atom is -0.494 e. The molecule has 0 fully saturated rings. The van der Waals surface area contributed by atoms with E-state index in [0.717, 1.165) is 54.0 Å². The highest BCUT2D eigenvalue weighted by atomic mass is 32.2. The van der Waals surface area contributed by atoms with Gasteiger partial charge in [-0.3, -0.25) is 8.77 Å². The molecule has 0 bridgehead atoms. The van der Waals surface area contributed by atoms with Crippen molar-refractivity contribution < 1.29 is 9.53 Å². The van der Waals surface area contributed by atoms with Crippen LogP contribution in [0, 0.1) is 0 Å². The Kier molecular flexibility index (Phi) is 10.5. The summed E-state index contributed by atoms with van der Waals surface area (Å²) >= 11 is 1.60. The number of methoxy groups -OCH3 is 1. The van der Waals surface area contributed by atoms with E-state index in [1.54, 1.807) is 25.4 Å². The second kappa shape index (κ2) is 14.2. The van der Waals surface area contributed by atoms with Gasteiger partial charge in [0.15, 0.2) is 0 Å². The van der Waals surface area contributed by atoms with Crippen LogP contribution in [0.4, 0.5) is 23.0 Å². The number of ether oxygens (including phenoxy) is 1. The molecule has 0 atom stereocenters. The molecule has 2 aromatic heterocycles. The molecule has 0 saturated heterocycles. The second-order valence-electron chi connectivity index (χ2n) is 9.88. The summed E-state index contributed by atoms with van der Waals surface area (Å²) in [5.41, 5.74) is 4.98. The van der Waals surface area contributed by atoms with Crippen molar-refractivity contribution in [2.24, 2.45) is 0 Å². The van der Waals surface area contributed by atoms with Gasteiger partial charge in [-0.15, -0.1) is 0 Å². The van der Waals surface area contributed by atoms with E-state index in [0.29, 0.717) is 23.1 Å². The number of hydrogen-bond donors (Lipinski definition) is 2. The molecule has 0 saturated carbocycles. The summed E-state index contributed by atoms with van der Waals surface area (Å²) in [6, 6.07) is 13.9. The van der Waals surface area contributed by atoms with Gasteiger partial charge in [-0.05, 0) is 51.5 Å². The molecular formula is C31H40N8O2S. The van der Waals surface area contributed by atoms with E-state index in [9.17, 15) is 4.79 Å². The number of fused-ring (bicyclic) bond motifs is 1. The van der Waals surface area contributed by atoms with Crippen molar-refractivity contribution >= 4 is 52.0 Å². The summed E-state index contributed by atoms with van der Waals surface area (Å²) < 4.78 is 9.95. The lowest BCUT2D eigenvalue weighted by Gasteiger charge is -2.27. The maximum atomic E-state index is 12.4. The van der Waals surface area contributed by atoms with Crippen molar-refractivity contribution in [1.82, 2.24) is 23.1 Å². The molecule has 10 nitrogen and oxygen atoms in total. The summed E-state index contributed by atoms with van der Waals surface area (Å²) in [5, 5.41) is 7.37. The van der Waals surface area contributed by atoms with Gasteiger partial charge in [0.2, 0.25) is 11.9 Å². The molecular weight excluding hydrogens is 548 g/mol. The molecule has 4 rings (SSSR count). The largest absolute Gasteiger partial charge is 0.494 e. The fraction of sp³-hybridized carbons (Fsp3) is 0.323. The van der Waals surface area contributed by atoms with Crippen LogP contribution in [0.25, 0.3) is 22.2 Å². The van der Waals surface area contributed by atoms with Crippen molar-refractivity contribution in [2.75, 3.05) is 70.0 Å². The number of benzene rings is 2. The maximum Gasteiger partial charge on any atom is 0.247 e. The Morgan fingerprint density at radius 3 is 2.55 bits per heavy atom. The van der Waals surface area contributed by atoms with Gasteiger partial charge in [0.05, 0.1) is 35.4 Å². The molecule has 222 valence electrons. The highest BCUT2D eigenvalue weighted by molar-refractivity contribution is 7.95. The number of nitrogens with one attached hydrogen (secondary N) is 2. The van der Waals surface area contributed by atoms with Crippen LogP contribution >= 0.6 is 12.1 Å². The van der Waals surface area contributed by atoms with Crippen molar-refractivity contribution in [2.45, 2.75) is 13.8 Å². The predicted octanol–water partition coefficient (Wildman–Crippen LogP) is 5.73. The monoisotopic (exact) mass is 588 g/mol. The van der Waals surface area contributed by atoms with Gasteiger partial charge in [-0.25, -0.2) is 14.3 Å². The number of amides is 1. The lowest BCUT2D eigenvalue weighted by atomic mass is 10.1. The van der Waals surface area contributed by atoms with Crippen molar-refractivity contribution in [1.29, 1.82) is 0 Å². The van der Waals surface area contributed by atoms with Crippen LogP contribution in [-0.2, 0) is 4.79 Å². The Bertz CT molecular complexity index is 1530. The highest BCUT2D eigenvalue weighted by Gasteiger charge is 2.18. The SMILES string of the molecule is C=CC(=O)Nc1cc(Nc2nccc(-c3cn(SN(C)C)c4ccccc34)n2)c(OC)cc1N(C)CCN(CC)CC. The Labute approximate surface area is 252 Å². The lowest BCUT2D eigenvalue weighted by Crippen LogP contribution is -2.33. The fourth-order valence-corrected chi connectivity index (χ4v) is 5.43. The smallest absolute Gasteiger partial charge is 0.247 e. The first-order chi connectivity index (χ1) is 20.3. The molecule has 0 aliphatic heterocycles. The molecule has 0 spiro atoms. The lowest BCUT2D eigenvalue weighted by molar-refractivity contribution is -0.111. The van der Waals surface area contributed by atoms with Crippen LogP contribution in [0.2, 0.25) is 0 Å². The highest BCUT2D eigenvalue weighted by Crippen LogP contribution is 2.38. The Balaban J connectivity index is 1.69. The molecule has 11 heteroatoms. The average Bonchev–Trinajstić information content (AvgIpc) is 3.35. The zero-order chi connectivity index (χ0) is 30.2. The molecule has 0 unspecified atom stereocenters. The summed E-state index contributed by atoms with van der Waals surface area (Å²) in [6.07, 6.45) is 5.08. The standard InChI is InChI=1S/C31H40N8O2S/c1-8-30(40)33-25-19-26(29(41-7)20-28(25)37(6)17-18-38(9-2)10-3)35-31-32-16-15-24(34-31)23-21-39(42-36(4)5)27-14-12-11-13-22(23)27/h8,11-16,19-21H,1,9-10,17-18H2,2-7H3,(H,33,40)(H,32,34,35). The number of carbonyl (C=O) groups is 1. The number of rotatable bonds is 14. The first-order valence-corrected chi connectivity index (χ1v) is 14.7. The predicted molar refractivity (Wildman–Crippen MR) is 176 cm³/mol. The zero-order valence-corrected chi connectivity index (χ0v) is 26.0. The summed E-state index contributed by atoms with van der Waals surface area (Å²) in [6.45, 7) is 11.5. The second-order valence-corrected chi connectivity index (χ2v) is 11.2. The van der Waals surface area contributed by atoms with Crippen LogP contribution in [0.1, 0.15) is 13.8 Å². The number of para-hydroxylation sites is 1. The van der Waals surface area contributed by atoms with E-state index in [4.69, 9.17) is 9.72 Å². The maximum absolute atomic E-state index is 12.4. The molecule has 0 aliphatic rings. The van der Waals surface area contributed by atoms with Gasteiger partial charge < -0.3 is 25.2 Å². The summed E-state index contributed by atoms with van der Waals surface area (Å²) in [7, 11) is 7.65. The number of carbonyl (C=O) groups excluding carboxylic acids is 1. The molecule has 2 N–H and O–H groups in total. The zero-order valence-electron chi connectivity index (χ0n) is 25.2. The molecule has 0 radical (unpaired) electrons. The molecule has 42 heavy (non-hydrogen) atoms. The van der Waals surface area contributed by atoms with Crippen LogP contribution in [0.5, 0.6) is 5.75 Å². The van der Waals surface area contributed by atoms with Gasteiger partial charge in [0.1, 0.15) is 5.75 Å². The van der Waals surface area contributed by atoms with Crippen molar-refractivity contribution in [3.8, 4) is 17.0 Å². The van der Waals surface area contributed by atoms with Crippen LogP contribution in [0.3, 0.4) is 0 Å². The Morgan fingerprint density at radius 2 is 1.86 bits per heavy atom. The van der Waals surface area contributed by atoms with Gasteiger partial charge in [-0.2, -0.15) is 0 Å². The van der Waals surface area contributed by atoms with Crippen LogP contribution in [-0.4, -0.2) is 83.5 Å². The number of likely N-dealkylation sites (N-methyl/N-ethyl adjacent to an activating group) is 2. The third kappa shape index (κ3) is 7.22. The minimum atomic E-state index is -0.297. The third-order valence-corrected chi connectivity index (χ3v) is 7.73. The van der Waals surface area contributed by atoms with E-state index in [-0.39, 0.29) is 5.91 Å². The van der Waals surface area contributed by atoms with E-state index >= 15 is 0 Å². The minimum absolute atomic E-state index is 0.297. The summed E-state index contributed by atoms with van der Waals surface area (Å²) in [4.78, 5) is 26.2. The van der Waals surface area contributed by atoms with E-state index < -0.39 is 0 Å². The molecule has 4 aromatic rings. The number of nitrogens with zero attached hydrogens (tertiary/aromatic N) is 6. The normalized spacial score (nSPS) is 11.2. The van der Waals surface area contributed by atoms with Gasteiger partial charge in [0, 0.05) is 61.7 Å². The topological polar surface area (TPSA) is 90.8 Å². The quantitative estimate of drug-likeness (QED) is 0.142. The number of aromatic nitrogens is 3.